The van der Waals surface area contributed by atoms with Crippen molar-refractivity contribution >= 4 is 5.97 Å². The van der Waals surface area contributed by atoms with Gasteiger partial charge in [0.1, 0.15) is 17.4 Å². The lowest BCUT2D eigenvalue weighted by atomic mass is 9.97. The molecule has 0 radical (unpaired) electrons. The molecule has 0 spiro atoms. The first-order valence-corrected chi connectivity index (χ1v) is 7.32. The number of nitrogens with one attached hydrogen (secondary N) is 1. The van der Waals surface area contributed by atoms with Crippen molar-refractivity contribution in [3.05, 3.63) is 29.8 Å². The van der Waals surface area contributed by atoms with Crippen LogP contribution in [0.1, 0.15) is 37.7 Å². The van der Waals surface area contributed by atoms with Crippen molar-refractivity contribution in [3.8, 4) is 5.75 Å². The summed E-state index contributed by atoms with van der Waals surface area (Å²) in [5, 5.41) is 12.9. The maximum Gasteiger partial charge on any atom is 0.324 e. The van der Waals surface area contributed by atoms with E-state index >= 15 is 0 Å². The van der Waals surface area contributed by atoms with Crippen LogP contribution in [0.4, 0.5) is 0 Å². The minimum absolute atomic E-state index is 0.0147. The predicted molar refractivity (Wildman–Crippen MR) is 76.0 cm³/mol. The van der Waals surface area contributed by atoms with Crippen molar-refractivity contribution in [2.75, 3.05) is 0 Å². The van der Waals surface area contributed by atoms with Crippen LogP contribution in [0, 0.1) is 6.92 Å². The Labute approximate surface area is 119 Å². The molecule has 2 fully saturated rings. The lowest BCUT2D eigenvalue weighted by Crippen LogP contribution is -2.51. The molecule has 4 nitrogen and oxygen atoms in total. The number of ether oxygens (including phenoxy) is 1. The summed E-state index contributed by atoms with van der Waals surface area (Å²) in [6.45, 7) is 2.03. The van der Waals surface area contributed by atoms with Gasteiger partial charge in [-0.05, 0) is 50.3 Å². The molecule has 2 aliphatic rings. The lowest BCUT2D eigenvalue weighted by molar-refractivity contribution is -0.145. The fourth-order valence-corrected chi connectivity index (χ4v) is 2.99. The topological polar surface area (TPSA) is 58.6 Å². The first kappa shape index (κ1) is 13.4. The Morgan fingerprint density at radius 3 is 2.85 bits per heavy atom. The number of carboxylic acid groups (broad SMARTS) is 1. The Bertz CT molecular complexity index is 512. The van der Waals surface area contributed by atoms with E-state index in [-0.39, 0.29) is 6.10 Å². The zero-order valence-corrected chi connectivity index (χ0v) is 11.8. The zero-order chi connectivity index (χ0) is 14.2. The molecule has 0 bridgehead atoms. The van der Waals surface area contributed by atoms with E-state index in [0.717, 1.165) is 30.6 Å². The molecular formula is C16H21NO3. The first-order valence-electron chi connectivity index (χ1n) is 7.32. The highest BCUT2D eigenvalue weighted by atomic mass is 16.5. The molecule has 2 N–H and O–H groups in total. The molecule has 0 saturated heterocycles. The molecule has 2 atom stereocenters. The van der Waals surface area contributed by atoms with Crippen LogP contribution in [-0.4, -0.2) is 28.8 Å². The van der Waals surface area contributed by atoms with Crippen molar-refractivity contribution in [1.82, 2.24) is 5.32 Å². The lowest BCUT2D eigenvalue weighted by Gasteiger charge is -2.26. The van der Waals surface area contributed by atoms with Gasteiger partial charge in [-0.25, -0.2) is 0 Å². The van der Waals surface area contributed by atoms with E-state index in [0.29, 0.717) is 18.9 Å². The summed E-state index contributed by atoms with van der Waals surface area (Å²) in [6, 6.07) is 8.31. The van der Waals surface area contributed by atoms with Crippen molar-refractivity contribution in [3.63, 3.8) is 0 Å². The van der Waals surface area contributed by atoms with Gasteiger partial charge in [0.25, 0.3) is 0 Å². The number of hydrogen-bond donors (Lipinski definition) is 2. The molecule has 0 aliphatic heterocycles. The number of rotatable bonds is 5. The van der Waals surface area contributed by atoms with Crippen molar-refractivity contribution in [2.45, 2.75) is 56.7 Å². The summed E-state index contributed by atoms with van der Waals surface area (Å²) < 4.78 is 5.96. The van der Waals surface area contributed by atoms with Crippen molar-refractivity contribution < 1.29 is 14.6 Å². The highest BCUT2D eigenvalue weighted by molar-refractivity contribution is 5.79. The van der Waals surface area contributed by atoms with Crippen LogP contribution >= 0.6 is 0 Å². The maximum absolute atomic E-state index is 11.6. The van der Waals surface area contributed by atoms with Gasteiger partial charge in [-0.1, -0.05) is 12.1 Å². The van der Waals surface area contributed by atoms with Gasteiger partial charge in [-0.3, -0.25) is 10.1 Å². The Hall–Kier alpha value is -1.55. The van der Waals surface area contributed by atoms with E-state index in [1.54, 1.807) is 0 Å². The smallest absolute Gasteiger partial charge is 0.324 e. The van der Waals surface area contributed by atoms with Gasteiger partial charge in [0, 0.05) is 12.5 Å². The molecule has 1 aromatic carbocycles. The quantitative estimate of drug-likeness (QED) is 0.867. The largest absolute Gasteiger partial charge is 0.490 e. The van der Waals surface area contributed by atoms with Crippen molar-refractivity contribution in [1.29, 1.82) is 0 Å². The Balaban J connectivity index is 1.66. The normalized spacial score (nSPS) is 29.4. The molecule has 2 aliphatic carbocycles. The molecule has 2 saturated carbocycles. The second-order valence-corrected chi connectivity index (χ2v) is 6.11. The van der Waals surface area contributed by atoms with E-state index in [1.165, 1.54) is 0 Å². The van der Waals surface area contributed by atoms with Gasteiger partial charge in [-0.15, -0.1) is 0 Å². The number of hydrogen-bond acceptors (Lipinski definition) is 3. The van der Waals surface area contributed by atoms with Crippen LogP contribution in [0.5, 0.6) is 5.75 Å². The molecular weight excluding hydrogens is 254 g/mol. The molecule has 3 rings (SSSR count). The fourth-order valence-electron chi connectivity index (χ4n) is 2.99. The average Bonchev–Trinajstić information content (AvgIpc) is 3.10. The van der Waals surface area contributed by atoms with Gasteiger partial charge in [0.05, 0.1) is 0 Å². The third-order valence-electron chi connectivity index (χ3n) is 4.23. The first-order chi connectivity index (χ1) is 9.57. The number of aliphatic carboxylic acids is 1. The van der Waals surface area contributed by atoms with Crippen LogP contribution in [0.2, 0.25) is 0 Å². The minimum Gasteiger partial charge on any atom is -0.490 e. The Morgan fingerprint density at radius 1 is 1.40 bits per heavy atom. The molecule has 4 heteroatoms. The molecule has 1 aromatic rings. The molecule has 20 heavy (non-hydrogen) atoms. The van der Waals surface area contributed by atoms with Crippen LogP contribution in [0.25, 0.3) is 0 Å². The number of carboxylic acids is 1. The minimum atomic E-state index is -0.782. The molecule has 2 unspecified atom stereocenters. The van der Waals surface area contributed by atoms with Gasteiger partial charge in [0.15, 0.2) is 0 Å². The number of aryl methyl sites for hydroxylation is 1. The van der Waals surface area contributed by atoms with Crippen molar-refractivity contribution in [2.24, 2.45) is 0 Å². The van der Waals surface area contributed by atoms with E-state index in [1.807, 2.05) is 31.2 Å². The predicted octanol–water partition coefficient (Wildman–Crippen LogP) is 2.50. The van der Waals surface area contributed by atoms with Crippen LogP contribution < -0.4 is 10.1 Å². The Morgan fingerprint density at radius 2 is 2.20 bits per heavy atom. The summed E-state index contributed by atoms with van der Waals surface area (Å²) in [5.41, 5.74) is 0.372. The van der Waals surface area contributed by atoms with Gasteiger partial charge in [0.2, 0.25) is 0 Å². The van der Waals surface area contributed by atoms with E-state index in [4.69, 9.17) is 4.74 Å². The van der Waals surface area contributed by atoms with Crippen LogP contribution in [0.15, 0.2) is 24.3 Å². The zero-order valence-electron chi connectivity index (χ0n) is 11.8. The SMILES string of the molecule is Cc1cccc(OC2CCC(NC3CC3)(C(=O)O)C2)c1. The summed E-state index contributed by atoms with van der Waals surface area (Å²) in [7, 11) is 0. The summed E-state index contributed by atoms with van der Waals surface area (Å²) in [6.07, 6.45) is 4.16. The summed E-state index contributed by atoms with van der Waals surface area (Å²) in [4.78, 5) is 11.6. The second-order valence-electron chi connectivity index (χ2n) is 6.11. The highest BCUT2D eigenvalue weighted by Crippen LogP contribution is 2.36. The number of carbonyl (C=O) groups is 1. The van der Waals surface area contributed by atoms with Crippen LogP contribution in [0.3, 0.4) is 0 Å². The summed E-state index contributed by atoms with van der Waals surface area (Å²) >= 11 is 0. The molecule has 0 amide bonds. The van der Waals surface area contributed by atoms with Crippen LogP contribution in [-0.2, 0) is 4.79 Å². The van der Waals surface area contributed by atoms with Gasteiger partial charge in [-0.2, -0.15) is 0 Å². The second kappa shape index (κ2) is 5.09. The highest BCUT2D eigenvalue weighted by Gasteiger charge is 2.48. The fraction of sp³-hybridized carbons (Fsp3) is 0.562. The van der Waals surface area contributed by atoms with Gasteiger partial charge < -0.3 is 9.84 Å². The molecule has 0 aromatic heterocycles. The van der Waals surface area contributed by atoms with Gasteiger partial charge >= 0.3 is 5.97 Å². The summed E-state index contributed by atoms with van der Waals surface area (Å²) in [5.74, 6) is 0.0994. The maximum atomic E-state index is 11.6. The number of benzene rings is 1. The van der Waals surface area contributed by atoms with E-state index in [9.17, 15) is 9.90 Å². The Kier molecular flexibility index (Phi) is 3.42. The third kappa shape index (κ3) is 2.80. The van der Waals surface area contributed by atoms with E-state index in [2.05, 4.69) is 5.32 Å². The average molecular weight is 275 g/mol. The molecule has 108 valence electrons. The van der Waals surface area contributed by atoms with E-state index < -0.39 is 11.5 Å². The standard InChI is InChI=1S/C16H21NO3/c1-11-3-2-4-13(9-11)20-14-7-8-16(10-14,15(18)19)17-12-5-6-12/h2-4,9,12,14,17H,5-8,10H2,1H3,(H,18,19). The monoisotopic (exact) mass is 275 g/mol. The molecule has 0 heterocycles. The third-order valence-corrected chi connectivity index (χ3v) is 4.23.